The Bertz CT molecular complexity index is 703. The molecule has 5 nitrogen and oxygen atoms in total. The molecule has 0 N–H and O–H groups in total. The summed E-state index contributed by atoms with van der Waals surface area (Å²) in [6.45, 7) is 2.19. The lowest BCUT2D eigenvalue weighted by Gasteiger charge is -2.21. The minimum atomic E-state index is -2.98. The topological polar surface area (TPSA) is 67.6 Å². The molecular formula is C16H21NO4S. The Labute approximate surface area is 130 Å². The molecule has 0 bridgehead atoms. The van der Waals surface area contributed by atoms with Gasteiger partial charge in [0.25, 0.3) is 0 Å². The smallest absolute Gasteiger partial charge is 0.246 e. The molecule has 1 amide bonds. The van der Waals surface area contributed by atoms with E-state index in [-0.39, 0.29) is 23.5 Å². The van der Waals surface area contributed by atoms with E-state index in [0.29, 0.717) is 24.0 Å². The number of carbonyl (C=O) groups excluding carboxylic acids is 1. The summed E-state index contributed by atoms with van der Waals surface area (Å²) < 4.78 is 28.7. The van der Waals surface area contributed by atoms with Crippen LogP contribution in [0, 0.1) is 5.92 Å². The molecule has 1 saturated carbocycles. The molecule has 0 aromatic carbocycles. The van der Waals surface area contributed by atoms with Crippen molar-refractivity contribution in [1.82, 2.24) is 4.90 Å². The van der Waals surface area contributed by atoms with Gasteiger partial charge in [0, 0.05) is 25.1 Å². The monoisotopic (exact) mass is 323 g/mol. The van der Waals surface area contributed by atoms with Crippen LogP contribution in [0.3, 0.4) is 0 Å². The number of nitrogens with zero attached hydrogens (tertiary/aromatic N) is 1. The van der Waals surface area contributed by atoms with E-state index in [9.17, 15) is 13.2 Å². The summed E-state index contributed by atoms with van der Waals surface area (Å²) in [4.78, 5) is 13.6. The van der Waals surface area contributed by atoms with Gasteiger partial charge in [-0.2, -0.15) is 0 Å². The first-order valence-corrected chi connectivity index (χ1v) is 9.43. The lowest BCUT2D eigenvalue weighted by Crippen LogP contribution is -2.36. The quantitative estimate of drug-likeness (QED) is 0.796. The summed E-state index contributed by atoms with van der Waals surface area (Å²) >= 11 is 0. The largest absolute Gasteiger partial charge is 0.461 e. The molecule has 2 heterocycles. The van der Waals surface area contributed by atoms with Crippen molar-refractivity contribution in [3.63, 3.8) is 0 Å². The van der Waals surface area contributed by atoms with E-state index in [1.807, 2.05) is 12.1 Å². The zero-order valence-corrected chi connectivity index (χ0v) is 13.7. The fraction of sp³-hybridized carbons (Fsp3) is 0.562. The van der Waals surface area contributed by atoms with Gasteiger partial charge in [0.15, 0.2) is 9.84 Å². The third-order valence-electron chi connectivity index (χ3n) is 4.62. The highest BCUT2D eigenvalue weighted by atomic mass is 32.2. The molecule has 1 aliphatic carbocycles. The van der Waals surface area contributed by atoms with Crippen LogP contribution in [-0.4, -0.2) is 43.8 Å². The van der Waals surface area contributed by atoms with E-state index in [4.69, 9.17) is 4.42 Å². The van der Waals surface area contributed by atoms with E-state index >= 15 is 0 Å². The Morgan fingerprint density at radius 1 is 1.41 bits per heavy atom. The number of furan rings is 1. The molecule has 2 fully saturated rings. The van der Waals surface area contributed by atoms with Gasteiger partial charge < -0.3 is 9.32 Å². The summed E-state index contributed by atoms with van der Waals surface area (Å²) in [6, 6.07) is 3.61. The van der Waals surface area contributed by atoms with E-state index in [0.717, 1.165) is 12.2 Å². The van der Waals surface area contributed by atoms with Gasteiger partial charge in [0.05, 0.1) is 11.5 Å². The number of likely N-dealkylation sites (N-methyl/N-ethyl adjacent to an activating group) is 1. The minimum absolute atomic E-state index is 0.0630. The predicted molar refractivity (Wildman–Crippen MR) is 84.1 cm³/mol. The summed E-state index contributed by atoms with van der Waals surface area (Å²) in [5, 5.41) is 0. The number of sulfone groups is 1. The number of hydrogen-bond acceptors (Lipinski definition) is 4. The molecular weight excluding hydrogens is 302 g/mol. The Morgan fingerprint density at radius 3 is 2.73 bits per heavy atom. The molecule has 1 aromatic heterocycles. The zero-order valence-electron chi connectivity index (χ0n) is 12.9. The summed E-state index contributed by atoms with van der Waals surface area (Å²) in [7, 11) is -1.33. The fourth-order valence-electron chi connectivity index (χ4n) is 2.91. The van der Waals surface area contributed by atoms with Crippen molar-refractivity contribution in [2.45, 2.75) is 31.7 Å². The summed E-state index contributed by atoms with van der Waals surface area (Å²) in [5.41, 5.74) is 0. The van der Waals surface area contributed by atoms with Crippen molar-refractivity contribution >= 4 is 21.8 Å². The standard InChI is InChI=1S/C16H21NO4S/c1-11-9-14(11)15-5-3-13(21-15)4-6-16(18)17(2)12-7-8-22(19,20)10-12/h3-6,11-12,14H,7-10H2,1-2H3/b6-4-/t11-,12-,14+/m1/s1. The van der Waals surface area contributed by atoms with Crippen molar-refractivity contribution < 1.29 is 17.6 Å². The third kappa shape index (κ3) is 3.27. The Balaban J connectivity index is 1.60. The molecule has 22 heavy (non-hydrogen) atoms. The van der Waals surface area contributed by atoms with E-state index in [1.165, 1.54) is 11.0 Å². The van der Waals surface area contributed by atoms with Crippen LogP contribution in [0.2, 0.25) is 0 Å². The number of rotatable bonds is 4. The van der Waals surface area contributed by atoms with Gasteiger partial charge in [-0.15, -0.1) is 0 Å². The SMILES string of the molecule is C[C@@H]1C[C@@H]1c1ccc(/C=C\C(=O)N(C)[C@@H]2CCS(=O)(=O)C2)o1. The first-order valence-electron chi connectivity index (χ1n) is 7.61. The van der Waals surface area contributed by atoms with Crippen LogP contribution >= 0.6 is 0 Å². The number of hydrogen-bond donors (Lipinski definition) is 0. The molecule has 3 atom stereocenters. The highest BCUT2D eigenvalue weighted by Gasteiger charge is 2.36. The van der Waals surface area contributed by atoms with Crippen LogP contribution in [0.25, 0.3) is 6.08 Å². The van der Waals surface area contributed by atoms with Gasteiger partial charge in [-0.05, 0) is 37.0 Å². The lowest BCUT2D eigenvalue weighted by molar-refractivity contribution is -0.126. The van der Waals surface area contributed by atoms with E-state index in [2.05, 4.69) is 6.92 Å². The van der Waals surface area contributed by atoms with Crippen LogP contribution < -0.4 is 0 Å². The average Bonchev–Trinajstić information content (AvgIpc) is 2.89. The first-order chi connectivity index (χ1) is 10.4. The van der Waals surface area contributed by atoms with Crippen LogP contribution in [0.4, 0.5) is 0 Å². The molecule has 0 unspecified atom stereocenters. The van der Waals surface area contributed by atoms with Crippen molar-refractivity contribution in [3.8, 4) is 0 Å². The van der Waals surface area contributed by atoms with Crippen molar-refractivity contribution in [2.24, 2.45) is 5.92 Å². The van der Waals surface area contributed by atoms with E-state index in [1.54, 1.807) is 13.1 Å². The minimum Gasteiger partial charge on any atom is -0.461 e. The highest BCUT2D eigenvalue weighted by molar-refractivity contribution is 7.91. The molecule has 0 spiro atoms. The maximum Gasteiger partial charge on any atom is 0.246 e. The Kier molecular flexibility index (Phi) is 3.89. The van der Waals surface area contributed by atoms with Gasteiger partial charge in [-0.3, -0.25) is 4.79 Å². The molecule has 3 rings (SSSR count). The predicted octanol–water partition coefficient (Wildman–Crippen LogP) is 2.06. The molecule has 1 saturated heterocycles. The average molecular weight is 323 g/mol. The summed E-state index contributed by atoms with van der Waals surface area (Å²) in [5.74, 6) is 2.88. The van der Waals surface area contributed by atoms with Crippen LogP contribution in [0.1, 0.15) is 37.2 Å². The van der Waals surface area contributed by atoms with E-state index < -0.39 is 9.84 Å². The van der Waals surface area contributed by atoms with Gasteiger partial charge in [0.2, 0.25) is 5.91 Å². The van der Waals surface area contributed by atoms with Gasteiger partial charge in [-0.1, -0.05) is 6.92 Å². The molecule has 2 aliphatic rings. The Morgan fingerprint density at radius 2 is 2.14 bits per heavy atom. The molecule has 6 heteroatoms. The number of amides is 1. The highest BCUT2D eigenvalue weighted by Crippen LogP contribution is 2.47. The lowest BCUT2D eigenvalue weighted by atomic mass is 10.2. The van der Waals surface area contributed by atoms with Gasteiger partial charge >= 0.3 is 0 Å². The maximum absolute atomic E-state index is 12.1. The second-order valence-corrected chi connectivity index (χ2v) is 8.63. The third-order valence-corrected chi connectivity index (χ3v) is 6.37. The second-order valence-electron chi connectivity index (χ2n) is 6.40. The van der Waals surface area contributed by atoms with Crippen molar-refractivity contribution in [3.05, 3.63) is 29.7 Å². The second kappa shape index (κ2) is 5.57. The Hall–Kier alpha value is -1.56. The molecule has 1 aromatic rings. The summed E-state index contributed by atoms with van der Waals surface area (Å²) in [6.07, 6.45) is 4.78. The van der Waals surface area contributed by atoms with Gasteiger partial charge in [0.1, 0.15) is 11.5 Å². The number of carbonyl (C=O) groups is 1. The van der Waals surface area contributed by atoms with Crippen molar-refractivity contribution in [2.75, 3.05) is 18.6 Å². The van der Waals surface area contributed by atoms with Gasteiger partial charge in [-0.25, -0.2) is 8.42 Å². The maximum atomic E-state index is 12.1. The van der Waals surface area contributed by atoms with Crippen molar-refractivity contribution in [1.29, 1.82) is 0 Å². The van der Waals surface area contributed by atoms with Crippen LogP contribution in [0.15, 0.2) is 22.6 Å². The first kappa shape index (κ1) is 15.3. The molecule has 0 radical (unpaired) electrons. The molecule has 1 aliphatic heterocycles. The van der Waals surface area contributed by atoms with Crippen LogP contribution in [0.5, 0.6) is 0 Å². The zero-order chi connectivity index (χ0) is 15.9. The van der Waals surface area contributed by atoms with Crippen LogP contribution in [-0.2, 0) is 14.6 Å². The normalized spacial score (nSPS) is 29.8. The fourth-order valence-corrected chi connectivity index (χ4v) is 4.68. The molecule has 120 valence electrons.